The molecule has 0 radical (unpaired) electrons. The molecule has 4 heteroatoms. The van der Waals surface area contributed by atoms with Crippen molar-refractivity contribution in [2.24, 2.45) is 0 Å². The highest BCUT2D eigenvalue weighted by Crippen LogP contribution is 2.19. The number of rotatable bonds is 2. The molecule has 3 nitrogen and oxygen atoms in total. The second-order valence-electron chi connectivity index (χ2n) is 4.36. The van der Waals surface area contributed by atoms with Crippen LogP contribution in [0.3, 0.4) is 0 Å². The van der Waals surface area contributed by atoms with Gasteiger partial charge >= 0.3 is 0 Å². The van der Waals surface area contributed by atoms with Crippen molar-refractivity contribution < 1.29 is 4.79 Å². The molecule has 3 rings (SSSR count). The van der Waals surface area contributed by atoms with E-state index in [-0.39, 0.29) is 5.91 Å². The van der Waals surface area contributed by atoms with Crippen molar-refractivity contribution in [1.82, 2.24) is 4.98 Å². The number of fused-ring (bicyclic) bond motifs is 1. The van der Waals surface area contributed by atoms with Crippen LogP contribution in [0.4, 0.5) is 5.69 Å². The van der Waals surface area contributed by atoms with Crippen LogP contribution in [0.15, 0.2) is 60.7 Å². The molecule has 3 aromatic rings. The van der Waals surface area contributed by atoms with E-state index in [1.807, 2.05) is 42.5 Å². The summed E-state index contributed by atoms with van der Waals surface area (Å²) in [4.78, 5) is 16.1. The summed E-state index contributed by atoms with van der Waals surface area (Å²) < 4.78 is 0. The van der Waals surface area contributed by atoms with Gasteiger partial charge in [0.25, 0.3) is 5.91 Å². The Kier molecular flexibility index (Phi) is 3.35. The Bertz CT molecular complexity index is 786. The van der Waals surface area contributed by atoms with E-state index in [1.165, 1.54) is 0 Å². The van der Waals surface area contributed by atoms with Crippen LogP contribution in [-0.4, -0.2) is 10.9 Å². The summed E-state index contributed by atoms with van der Waals surface area (Å²) in [6.07, 6.45) is 0. The van der Waals surface area contributed by atoms with Crippen LogP contribution in [-0.2, 0) is 0 Å². The Morgan fingerprint density at radius 1 is 0.950 bits per heavy atom. The van der Waals surface area contributed by atoms with Gasteiger partial charge in [-0.2, -0.15) is 0 Å². The molecular formula is C16H11ClN2O. The number of nitrogens with one attached hydrogen (secondary N) is 1. The quantitative estimate of drug-likeness (QED) is 0.718. The summed E-state index contributed by atoms with van der Waals surface area (Å²) in [5.74, 6) is -0.275. The van der Waals surface area contributed by atoms with Gasteiger partial charge in [0.05, 0.1) is 0 Å². The summed E-state index contributed by atoms with van der Waals surface area (Å²) in [5, 5.41) is 5.32. The lowest BCUT2D eigenvalue weighted by Gasteiger charge is -2.06. The first kappa shape index (κ1) is 12.6. The average Bonchev–Trinajstić information content (AvgIpc) is 2.47. The van der Waals surface area contributed by atoms with E-state index in [2.05, 4.69) is 10.3 Å². The van der Waals surface area contributed by atoms with Gasteiger partial charge < -0.3 is 5.32 Å². The van der Waals surface area contributed by atoms with Crippen LogP contribution in [0.2, 0.25) is 5.15 Å². The van der Waals surface area contributed by atoms with Gasteiger partial charge in [0.15, 0.2) is 0 Å². The Morgan fingerprint density at radius 3 is 2.55 bits per heavy atom. The largest absolute Gasteiger partial charge is 0.321 e. The third-order valence-electron chi connectivity index (χ3n) is 2.96. The highest BCUT2D eigenvalue weighted by Gasteiger charge is 2.08. The Morgan fingerprint density at radius 2 is 1.75 bits per heavy atom. The Hall–Kier alpha value is -2.39. The van der Waals surface area contributed by atoms with Crippen molar-refractivity contribution in [1.29, 1.82) is 0 Å². The van der Waals surface area contributed by atoms with Gasteiger partial charge in [0, 0.05) is 5.69 Å². The molecule has 1 N–H and O–H groups in total. The fourth-order valence-electron chi connectivity index (χ4n) is 2.00. The Labute approximate surface area is 121 Å². The van der Waals surface area contributed by atoms with Gasteiger partial charge in [0.2, 0.25) is 0 Å². The van der Waals surface area contributed by atoms with Crippen LogP contribution < -0.4 is 5.32 Å². The zero-order valence-electron chi connectivity index (χ0n) is 10.5. The third-order valence-corrected chi connectivity index (χ3v) is 3.17. The molecule has 98 valence electrons. The van der Waals surface area contributed by atoms with E-state index in [4.69, 9.17) is 11.6 Å². The minimum atomic E-state index is -0.275. The molecule has 0 spiro atoms. The lowest BCUT2D eigenvalue weighted by atomic mass is 10.1. The Balaban J connectivity index is 1.87. The summed E-state index contributed by atoms with van der Waals surface area (Å²) in [6, 6.07) is 18.7. The number of carbonyl (C=O) groups excluding carboxylic acids is 1. The predicted molar refractivity (Wildman–Crippen MR) is 81.1 cm³/mol. The SMILES string of the molecule is O=C(Nc1ccc2ccccc2c1)c1cccc(Cl)n1. The minimum absolute atomic E-state index is 0.275. The summed E-state index contributed by atoms with van der Waals surface area (Å²) in [6.45, 7) is 0. The molecule has 0 aliphatic heterocycles. The summed E-state index contributed by atoms with van der Waals surface area (Å²) in [7, 11) is 0. The maximum atomic E-state index is 12.1. The van der Waals surface area contributed by atoms with Crippen LogP contribution in [0.1, 0.15) is 10.5 Å². The molecule has 1 amide bonds. The molecule has 20 heavy (non-hydrogen) atoms. The summed E-state index contributed by atoms with van der Waals surface area (Å²) in [5.41, 5.74) is 1.03. The molecule has 0 saturated carbocycles. The maximum absolute atomic E-state index is 12.1. The van der Waals surface area contributed by atoms with Gasteiger partial charge in [-0.25, -0.2) is 4.98 Å². The van der Waals surface area contributed by atoms with Gasteiger partial charge in [-0.1, -0.05) is 48.0 Å². The number of nitrogens with zero attached hydrogens (tertiary/aromatic N) is 1. The van der Waals surface area contributed by atoms with E-state index in [1.54, 1.807) is 18.2 Å². The number of benzene rings is 2. The van der Waals surface area contributed by atoms with Gasteiger partial charge in [-0.15, -0.1) is 0 Å². The number of anilines is 1. The van der Waals surface area contributed by atoms with Crippen molar-refractivity contribution in [2.75, 3.05) is 5.32 Å². The van der Waals surface area contributed by atoms with Crippen LogP contribution in [0.25, 0.3) is 10.8 Å². The number of halogens is 1. The number of hydrogen-bond donors (Lipinski definition) is 1. The van der Waals surface area contributed by atoms with Crippen LogP contribution in [0, 0.1) is 0 Å². The normalized spacial score (nSPS) is 10.4. The predicted octanol–water partition coefficient (Wildman–Crippen LogP) is 4.14. The van der Waals surface area contributed by atoms with E-state index < -0.39 is 0 Å². The summed E-state index contributed by atoms with van der Waals surface area (Å²) >= 11 is 5.78. The fraction of sp³-hybridized carbons (Fsp3) is 0. The fourth-order valence-corrected chi connectivity index (χ4v) is 2.16. The zero-order valence-corrected chi connectivity index (χ0v) is 11.3. The number of amides is 1. The first-order valence-electron chi connectivity index (χ1n) is 6.15. The third kappa shape index (κ3) is 2.63. The van der Waals surface area contributed by atoms with E-state index >= 15 is 0 Å². The van der Waals surface area contributed by atoms with Gasteiger partial charge in [-0.05, 0) is 35.0 Å². The molecule has 0 fully saturated rings. The standard InChI is InChI=1S/C16H11ClN2O/c17-15-7-3-6-14(19-15)16(20)18-13-9-8-11-4-1-2-5-12(11)10-13/h1-10H,(H,18,20). The lowest BCUT2D eigenvalue weighted by Crippen LogP contribution is -2.13. The van der Waals surface area contributed by atoms with E-state index in [9.17, 15) is 4.79 Å². The number of aromatic nitrogens is 1. The van der Waals surface area contributed by atoms with Crippen molar-refractivity contribution in [3.05, 3.63) is 71.5 Å². The van der Waals surface area contributed by atoms with Crippen LogP contribution in [0.5, 0.6) is 0 Å². The second kappa shape index (κ2) is 5.31. The molecule has 1 heterocycles. The smallest absolute Gasteiger partial charge is 0.274 e. The van der Waals surface area contributed by atoms with Gasteiger partial charge in [0.1, 0.15) is 10.8 Å². The maximum Gasteiger partial charge on any atom is 0.274 e. The second-order valence-corrected chi connectivity index (χ2v) is 4.75. The molecule has 0 saturated heterocycles. The van der Waals surface area contributed by atoms with E-state index in [0.717, 1.165) is 16.5 Å². The first-order chi connectivity index (χ1) is 9.72. The molecule has 0 unspecified atom stereocenters. The molecular weight excluding hydrogens is 272 g/mol. The van der Waals surface area contributed by atoms with Crippen molar-refractivity contribution in [3.8, 4) is 0 Å². The van der Waals surface area contributed by atoms with Gasteiger partial charge in [-0.3, -0.25) is 4.79 Å². The van der Waals surface area contributed by atoms with Crippen molar-refractivity contribution in [2.45, 2.75) is 0 Å². The number of carbonyl (C=O) groups is 1. The molecule has 0 aliphatic rings. The van der Waals surface area contributed by atoms with E-state index in [0.29, 0.717) is 10.8 Å². The molecule has 0 bridgehead atoms. The average molecular weight is 283 g/mol. The lowest BCUT2D eigenvalue weighted by molar-refractivity contribution is 0.102. The molecule has 1 aromatic heterocycles. The number of hydrogen-bond acceptors (Lipinski definition) is 2. The highest BCUT2D eigenvalue weighted by atomic mass is 35.5. The minimum Gasteiger partial charge on any atom is -0.321 e. The highest BCUT2D eigenvalue weighted by molar-refractivity contribution is 6.29. The molecule has 2 aromatic carbocycles. The molecule has 0 atom stereocenters. The van der Waals surface area contributed by atoms with Crippen molar-refractivity contribution >= 4 is 34.0 Å². The van der Waals surface area contributed by atoms with Crippen LogP contribution >= 0.6 is 11.6 Å². The number of pyridine rings is 1. The molecule has 0 aliphatic carbocycles. The zero-order chi connectivity index (χ0) is 13.9. The first-order valence-corrected chi connectivity index (χ1v) is 6.53. The van der Waals surface area contributed by atoms with Crippen molar-refractivity contribution in [3.63, 3.8) is 0 Å². The topological polar surface area (TPSA) is 42.0 Å². The monoisotopic (exact) mass is 282 g/mol.